The topological polar surface area (TPSA) is 30.0 Å². The summed E-state index contributed by atoms with van der Waals surface area (Å²) in [5.41, 5.74) is 2.44. The van der Waals surface area contributed by atoms with Gasteiger partial charge in [-0.3, -0.25) is 9.78 Å². The SMILES string of the molecule is Cc1cc(F)cc(C(=O)c2cnccc2C)c1. The van der Waals surface area contributed by atoms with E-state index in [9.17, 15) is 9.18 Å². The number of carbonyl (C=O) groups excluding carboxylic acids is 1. The number of rotatable bonds is 2. The summed E-state index contributed by atoms with van der Waals surface area (Å²) in [4.78, 5) is 16.1. The largest absolute Gasteiger partial charge is 0.289 e. The first-order valence-electron chi connectivity index (χ1n) is 5.30. The van der Waals surface area contributed by atoms with Crippen LogP contribution in [0.2, 0.25) is 0 Å². The quantitative estimate of drug-likeness (QED) is 0.741. The molecule has 0 saturated heterocycles. The Labute approximate surface area is 99.1 Å². The number of halogens is 1. The molecule has 0 spiro atoms. The molecular weight excluding hydrogens is 217 g/mol. The van der Waals surface area contributed by atoms with E-state index in [1.807, 2.05) is 6.92 Å². The zero-order chi connectivity index (χ0) is 12.4. The minimum atomic E-state index is -0.394. The Morgan fingerprint density at radius 1 is 1.24 bits per heavy atom. The third kappa shape index (κ3) is 2.38. The van der Waals surface area contributed by atoms with E-state index in [4.69, 9.17) is 0 Å². The van der Waals surface area contributed by atoms with Crippen molar-refractivity contribution >= 4 is 5.78 Å². The Bertz CT molecular complexity index is 558. The lowest BCUT2D eigenvalue weighted by Crippen LogP contribution is -2.05. The Morgan fingerprint density at radius 2 is 2.00 bits per heavy atom. The van der Waals surface area contributed by atoms with E-state index in [2.05, 4.69) is 4.98 Å². The van der Waals surface area contributed by atoms with Gasteiger partial charge < -0.3 is 0 Å². The van der Waals surface area contributed by atoms with Crippen LogP contribution in [0, 0.1) is 19.7 Å². The van der Waals surface area contributed by atoms with Crippen molar-refractivity contribution in [2.24, 2.45) is 0 Å². The molecule has 0 aliphatic rings. The second-order valence-electron chi connectivity index (χ2n) is 4.04. The maximum Gasteiger partial charge on any atom is 0.194 e. The highest BCUT2D eigenvalue weighted by Gasteiger charge is 2.12. The van der Waals surface area contributed by atoms with Crippen molar-refractivity contribution in [2.75, 3.05) is 0 Å². The van der Waals surface area contributed by atoms with Crippen LogP contribution < -0.4 is 0 Å². The van der Waals surface area contributed by atoms with Crippen molar-refractivity contribution in [2.45, 2.75) is 13.8 Å². The molecule has 0 radical (unpaired) electrons. The van der Waals surface area contributed by atoms with Crippen LogP contribution in [-0.2, 0) is 0 Å². The first kappa shape index (κ1) is 11.5. The van der Waals surface area contributed by atoms with Gasteiger partial charge in [-0.15, -0.1) is 0 Å². The monoisotopic (exact) mass is 229 g/mol. The third-order valence-electron chi connectivity index (χ3n) is 2.59. The maximum atomic E-state index is 13.2. The lowest BCUT2D eigenvalue weighted by molar-refractivity contribution is 0.103. The fourth-order valence-corrected chi connectivity index (χ4v) is 1.72. The van der Waals surface area contributed by atoms with Crippen LogP contribution in [0.5, 0.6) is 0 Å². The van der Waals surface area contributed by atoms with Crippen LogP contribution >= 0.6 is 0 Å². The molecule has 0 fully saturated rings. The van der Waals surface area contributed by atoms with Crippen LogP contribution in [-0.4, -0.2) is 10.8 Å². The molecule has 0 amide bonds. The highest BCUT2D eigenvalue weighted by molar-refractivity contribution is 6.09. The number of aryl methyl sites for hydroxylation is 2. The number of ketones is 1. The summed E-state index contributed by atoms with van der Waals surface area (Å²) in [5, 5.41) is 0. The minimum absolute atomic E-state index is 0.196. The van der Waals surface area contributed by atoms with Gasteiger partial charge in [0.2, 0.25) is 0 Å². The summed E-state index contributed by atoms with van der Waals surface area (Å²) in [6, 6.07) is 6.09. The van der Waals surface area contributed by atoms with Crippen molar-refractivity contribution in [3.63, 3.8) is 0 Å². The van der Waals surface area contributed by atoms with Gasteiger partial charge in [0, 0.05) is 23.5 Å². The maximum absolute atomic E-state index is 13.2. The summed E-state index contributed by atoms with van der Waals surface area (Å²) in [6.07, 6.45) is 3.14. The smallest absolute Gasteiger partial charge is 0.194 e. The molecule has 17 heavy (non-hydrogen) atoms. The van der Waals surface area contributed by atoms with Gasteiger partial charge in [-0.2, -0.15) is 0 Å². The van der Waals surface area contributed by atoms with E-state index >= 15 is 0 Å². The highest BCUT2D eigenvalue weighted by Crippen LogP contribution is 2.15. The number of hydrogen-bond acceptors (Lipinski definition) is 2. The molecule has 1 aromatic heterocycles. The normalized spacial score (nSPS) is 10.3. The zero-order valence-corrected chi connectivity index (χ0v) is 9.70. The van der Waals surface area contributed by atoms with Crippen molar-refractivity contribution in [1.29, 1.82) is 0 Å². The lowest BCUT2D eigenvalue weighted by atomic mass is 10.00. The number of aromatic nitrogens is 1. The Morgan fingerprint density at radius 3 is 2.65 bits per heavy atom. The van der Waals surface area contributed by atoms with Crippen LogP contribution in [0.4, 0.5) is 4.39 Å². The Kier molecular flexibility index (Phi) is 3.00. The summed E-state index contributed by atoms with van der Waals surface area (Å²) >= 11 is 0. The zero-order valence-electron chi connectivity index (χ0n) is 9.70. The molecule has 0 atom stereocenters. The van der Waals surface area contributed by atoms with Crippen LogP contribution in [0.1, 0.15) is 27.0 Å². The molecular formula is C14H12FNO. The lowest BCUT2D eigenvalue weighted by Gasteiger charge is -2.05. The van der Waals surface area contributed by atoms with E-state index in [1.54, 1.807) is 25.3 Å². The molecule has 0 saturated carbocycles. The van der Waals surface area contributed by atoms with Crippen molar-refractivity contribution in [3.8, 4) is 0 Å². The summed E-state index contributed by atoms with van der Waals surface area (Å²) < 4.78 is 13.2. The molecule has 2 aromatic rings. The summed E-state index contributed by atoms with van der Waals surface area (Å²) in [5.74, 6) is -0.590. The van der Waals surface area contributed by atoms with E-state index < -0.39 is 5.82 Å². The molecule has 2 rings (SSSR count). The van der Waals surface area contributed by atoms with Crippen molar-refractivity contribution in [3.05, 3.63) is 64.7 Å². The number of pyridine rings is 1. The number of hydrogen-bond donors (Lipinski definition) is 0. The van der Waals surface area contributed by atoms with Gasteiger partial charge in [0.05, 0.1) is 0 Å². The molecule has 86 valence electrons. The third-order valence-corrected chi connectivity index (χ3v) is 2.59. The summed E-state index contributed by atoms with van der Waals surface area (Å²) in [7, 11) is 0. The molecule has 3 heteroatoms. The van der Waals surface area contributed by atoms with Gasteiger partial charge >= 0.3 is 0 Å². The van der Waals surface area contributed by atoms with Gasteiger partial charge in [0.1, 0.15) is 5.82 Å². The average Bonchev–Trinajstić information content (AvgIpc) is 2.27. The second kappa shape index (κ2) is 4.45. The molecule has 0 unspecified atom stereocenters. The molecule has 0 aliphatic heterocycles. The fraction of sp³-hybridized carbons (Fsp3) is 0.143. The second-order valence-corrected chi connectivity index (χ2v) is 4.04. The number of carbonyl (C=O) groups is 1. The van der Waals surface area contributed by atoms with Gasteiger partial charge in [0.25, 0.3) is 0 Å². The average molecular weight is 229 g/mol. The molecule has 0 N–H and O–H groups in total. The predicted molar refractivity (Wildman–Crippen MR) is 63.5 cm³/mol. The van der Waals surface area contributed by atoms with Gasteiger partial charge in [-0.25, -0.2) is 4.39 Å². The van der Waals surface area contributed by atoms with Crippen LogP contribution in [0.3, 0.4) is 0 Å². The van der Waals surface area contributed by atoms with Gasteiger partial charge in [-0.1, -0.05) is 0 Å². The van der Waals surface area contributed by atoms with E-state index in [0.29, 0.717) is 11.1 Å². The molecule has 0 aliphatic carbocycles. The first-order valence-corrected chi connectivity index (χ1v) is 5.30. The minimum Gasteiger partial charge on any atom is -0.289 e. The summed E-state index contributed by atoms with van der Waals surface area (Å²) in [6.45, 7) is 3.59. The standard InChI is InChI=1S/C14H12FNO/c1-9-5-11(7-12(15)6-9)14(17)13-8-16-4-3-10(13)2/h3-8H,1-2H3. The van der Waals surface area contributed by atoms with E-state index in [-0.39, 0.29) is 5.78 Å². The van der Waals surface area contributed by atoms with Crippen LogP contribution in [0.25, 0.3) is 0 Å². The molecule has 1 aromatic carbocycles. The van der Waals surface area contributed by atoms with E-state index in [0.717, 1.165) is 11.1 Å². The predicted octanol–water partition coefficient (Wildman–Crippen LogP) is 3.07. The molecule has 0 bridgehead atoms. The Balaban J connectivity index is 2.48. The number of nitrogens with zero attached hydrogens (tertiary/aromatic N) is 1. The van der Waals surface area contributed by atoms with Gasteiger partial charge in [0.15, 0.2) is 5.78 Å². The first-order chi connectivity index (χ1) is 8.08. The van der Waals surface area contributed by atoms with Crippen LogP contribution in [0.15, 0.2) is 36.7 Å². The molecule has 1 heterocycles. The van der Waals surface area contributed by atoms with Crippen molar-refractivity contribution < 1.29 is 9.18 Å². The van der Waals surface area contributed by atoms with Crippen molar-refractivity contribution in [1.82, 2.24) is 4.98 Å². The van der Waals surface area contributed by atoms with Gasteiger partial charge in [-0.05, 0) is 49.2 Å². The fourth-order valence-electron chi connectivity index (χ4n) is 1.72. The van der Waals surface area contributed by atoms with E-state index in [1.165, 1.54) is 18.3 Å². The Hall–Kier alpha value is -2.03. The number of benzene rings is 1. The molecule has 2 nitrogen and oxygen atoms in total. The highest BCUT2D eigenvalue weighted by atomic mass is 19.1.